The van der Waals surface area contributed by atoms with Gasteiger partial charge in [-0.1, -0.05) is 47.1 Å². The van der Waals surface area contributed by atoms with Crippen LogP contribution in [-0.4, -0.2) is 31.1 Å². The summed E-state index contributed by atoms with van der Waals surface area (Å²) in [5.74, 6) is 2.01. The van der Waals surface area contributed by atoms with Crippen LogP contribution in [0.15, 0.2) is 11.6 Å². The van der Waals surface area contributed by atoms with Gasteiger partial charge in [-0.3, -0.25) is 9.59 Å². The van der Waals surface area contributed by atoms with E-state index in [1.54, 1.807) is 0 Å². The Morgan fingerprint density at radius 1 is 1.03 bits per heavy atom. The summed E-state index contributed by atoms with van der Waals surface area (Å²) >= 11 is 0. The number of esters is 1. The Morgan fingerprint density at radius 2 is 1.74 bits per heavy atom. The summed E-state index contributed by atoms with van der Waals surface area (Å²) < 4.78 is 11.5. The fraction of sp³-hybridized carbons (Fsp3) is 0.871. The highest BCUT2D eigenvalue weighted by Gasteiger charge is 2.76. The summed E-state index contributed by atoms with van der Waals surface area (Å²) in [7, 11) is 1.50. The average Bonchev–Trinajstić information content (AvgIpc) is 3.57. The molecule has 4 nitrogen and oxygen atoms in total. The highest BCUT2D eigenvalue weighted by Crippen LogP contribution is 2.76. The molecule has 0 bridgehead atoms. The summed E-state index contributed by atoms with van der Waals surface area (Å²) in [6.45, 7) is 16.7. The summed E-state index contributed by atoms with van der Waals surface area (Å²) in [5.41, 5.74) is 0.783. The van der Waals surface area contributed by atoms with Crippen LogP contribution in [0.25, 0.3) is 0 Å². The quantitative estimate of drug-likeness (QED) is 0.322. The molecule has 4 heteroatoms. The molecule has 1 heterocycles. The van der Waals surface area contributed by atoms with Gasteiger partial charge in [0.15, 0.2) is 5.78 Å². The SMILES string of the molecule is COC(=O)[C@]1(C)[C@@H]2CC[C@]3(C)[C@H](C(=O)C=C4[C@@H]5[C@@H](C)[C@H](C)CC[C@]5(C)CC[C@]43C)[C@@]2(C)C[C@@H]2O[C@@H]21. The molecular weight excluding hydrogens is 436 g/mol. The minimum absolute atomic E-state index is 0.0258. The first-order chi connectivity index (χ1) is 16.3. The van der Waals surface area contributed by atoms with Gasteiger partial charge in [-0.05, 0) is 103 Å². The molecule has 6 rings (SSSR count). The second-order valence-corrected chi connectivity index (χ2v) is 14.9. The molecule has 5 aliphatic carbocycles. The van der Waals surface area contributed by atoms with Gasteiger partial charge in [-0.15, -0.1) is 0 Å². The van der Waals surface area contributed by atoms with Crippen LogP contribution in [0.1, 0.15) is 93.4 Å². The van der Waals surface area contributed by atoms with Crippen LogP contribution < -0.4 is 0 Å². The highest BCUT2D eigenvalue weighted by molar-refractivity contribution is 5.96. The largest absolute Gasteiger partial charge is 0.469 e. The zero-order chi connectivity index (χ0) is 25.3. The third-order valence-corrected chi connectivity index (χ3v) is 13.6. The van der Waals surface area contributed by atoms with Gasteiger partial charge in [0.25, 0.3) is 0 Å². The van der Waals surface area contributed by atoms with E-state index in [4.69, 9.17) is 9.47 Å². The third-order valence-electron chi connectivity index (χ3n) is 13.6. The van der Waals surface area contributed by atoms with Gasteiger partial charge in [0.05, 0.1) is 18.6 Å². The predicted molar refractivity (Wildman–Crippen MR) is 135 cm³/mol. The van der Waals surface area contributed by atoms with Crippen molar-refractivity contribution in [2.75, 3.05) is 7.11 Å². The van der Waals surface area contributed by atoms with Crippen molar-refractivity contribution in [2.45, 2.75) is 106 Å². The van der Waals surface area contributed by atoms with E-state index in [0.717, 1.165) is 19.3 Å². The fourth-order valence-electron chi connectivity index (χ4n) is 11.3. The van der Waals surface area contributed by atoms with Gasteiger partial charge < -0.3 is 9.47 Å². The number of epoxide rings is 1. The number of rotatable bonds is 1. The van der Waals surface area contributed by atoms with Gasteiger partial charge in [0.2, 0.25) is 0 Å². The van der Waals surface area contributed by atoms with Crippen LogP contribution in [0.4, 0.5) is 0 Å². The van der Waals surface area contributed by atoms with Crippen molar-refractivity contribution in [1.29, 1.82) is 0 Å². The van der Waals surface area contributed by atoms with Gasteiger partial charge in [-0.25, -0.2) is 0 Å². The average molecular weight is 483 g/mol. The lowest BCUT2D eigenvalue weighted by Gasteiger charge is -2.69. The van der Waals surface area contributed by atoms with Crippen molar-refractivity contribution in [3.63, 3.8) is 0 Å². The van der Waals surface area contributed by atoms with Gasteiger partial charge in [-0.2, -0.15) is 0 Å². The standard InChI is InChI=1S/C31H46O4/c1-17-9-11-27(3)13-14-29(5)19(23(27)18(17)2)15-20(32)24-28(4)16-21-25(35-21)31(7,26(33)34-8)22(28)10-12-30(24,29)6/h15,17-18,21-25H,9-14,16H2,1-8H3/t17-,18+,21+,22-,23+,24-,25+,27-,28+,29-,30-,31-/m1/s1. The zero-order valence-corrected chi connectivity index (χ0v) is 23.2. The number of hydrogen-bond acceptors (Lipinski definition) is 4. The van der Waals surface area contributed by atoms with E-state index >= 15 is 0 Å². The van der Waals surface area contributed by atoms with Crippen LogP contribution >= 0.6 is 0 Å². The first-order valence-corrected chi connectivity index (χ1v) is 14.3. The molecule has 1 aliphatic heterocycles. The van der Waals surface area contributed by atoms with E-state index in [2.05, 4.69) is 54.5 Å². The Labute approximate surface area is 212 Å². The Kier molecular flexibility index (Phi) is 4.86. The lowest BCUT2D eigenvalue weighted by atomic mass is 9.33. The lowest BCUT2D eigenvalue weighted by Crippen LogP contribution is -2.67. The minimum atomic E-state index is -0.669. The molecule has 0 amide bonds. The third kappa shape index (κ3) is 2.69. The first kappa shape index (κ1) is 24.2. The number of allylic oxidation sites excluding steroid dienone is 2. The Morgan fingerprint density at radius 3 is 2.43 bits per heavy atom. The van der Waals surface area contributed by atoms with Crippen LogP contribution in [0.5, 0.6) is 0 Å². The highest BCUT2D eigenvalue weighted by atomic mass is 16.6. The number of ketones is 1. The summed E-state index contributed by atoms with van der Waals surface area (Å²) in [6.07, 6.45) is 10.0. The van der Waals surface area contributed by atoms with Crippen molar-refractivity contribution in [1.82, 2.24) is 0 Å². The molecule has 0 radical (unpaired) electrons. The van der Waals surface area contributed by atoms with Crippen molar-refractivity contribution >= 4 is 11.8 Å². The molecular formula is C31H46O4. The number of methoxy groups -OCH3 is 1. The lowest BCUT2D eigenvalue weighted by molar-refractivity contribution is -0.194. The van der Waals surface area contributed by atoms with E-state index in [1.165, 1.54) is 38.4 Å². The maximum Gasteiger partial charge on any atom is 0.314 e. The molecule has 194 valence electrons. The van der Waals surface area contributed by atoms with Crippen LogP contribution in [0, 0.1) is 56.7 Å². The van der Waals surface area contributed by atoms with Crippen LogP contribution in [0.2, 0.25) is 0 Å². The second kappa shape index (κ2) is 7.03. The number of carbonyl (C=O) groups is 2. The van der Waals surface area contributed by atoms with E-state index in [9.17, 15) is 9.59 Å². The Bertz CT molecular complexity index is 1020. The van der Waals surface area contributed by atoms with Crippen molar-refractivity contribution in [3.8, 4) is 0 Å². The maximum absolute atomic E-state index is 14.4. The van der Waals surface area contributed by atoms with Crippen LogP contribution in [-0.2, 0) is 19.1 Å². The molecule has 35 heavy (non-hydrogen) atoms. The Balaban J connectivity index is 1.48. The first-order valence-electron chi connectivity index (χ1n) is 14.3. The van der Waals surface area contributed by atoms with Crippen molar-refractivity contribution in [2.24, 2.45) is 56.7 Å². The smallest absolute Gasteiger partial charge is 0.314 e. The van der Waals surface area contributed by atoms with Crippen molar-refractivity contribution in [3.05, 3.63) is 11.6 Å². The monoisotopic (exact) mass is 482 g/mol. The molecule has 5 fully saturated rings. The predicted octanol–water partition coefficient (Wildman–Crippen LogP) is 6.37. The summed E-state index contributed by atoms with van der Waals surface area (Å²) in [6, 6.07) is 0. The molecule has 6 aliphatic rings. The van der Waals surface area contributed by atoms with E-state index in [0.29, 0.717) is 29.0 Å². The van der Waals surface area contributed by atoms with E-state index in [1.807, 2.05) is 0 Å². The zero-order valence-electron chi connectivity index (χ0n) is 23.2. The summed E-state index contributed by atoms with van der Waals surface area (Å²) in [4.78, 5) is 27.6. The Hall–Kier alpha value is -1.16. The van der Waals surface area contributed by atoms with Gasteiger partial charge >= 0.3 is 5.97 Å². The molecule has 1 saturated heterocycles. The van der Waals surface area contributed by atoms with Gasteiger partial charge in [0, 0.05) is 5.92 Å². The number of hydrogen-bond donors (Lipinski definition) is 0. The molecule has 0 N–H and O–H groups in total. The molecule has 4 saturated carbocycles. The molecule has 0 aromatic heterocycles. The number of fused-ring (bicyclic) bond motifs is 8. The van der Waals surface area contributed by atoms with Crippen LogP contribution in [0.3, 0.4) is 0 Å². The molecule has 0 spiro atoms. The summed E-state index contributed by atoms with van der Waals surface area (Å²) in [5, 5.41) is 0. The molecule has 0 unspecified atom stereocenters. The topological polar surface area (TPSA) is 55.9 Å². The van der Waals surface area contributed by atoms with E-state index in [-0.39, 0.29) is 46.3 Å². The minimum Gasteiger partial charge on any atom is -0.469 e. The second-order valence-electron chi connectivity index (χ2n) is 14.9. The molecule has 12 atom stereocenters. The fourth-order valence-corrected chi connectivity index (χ4v) is 11.3. The normalized spacial score (nSPS) is 58.6. The van der Waals surface area contributed by atoms with E-state index < -0.39 is 5.41 Å². The molecule has 0 aromatic carbocycles. The number of carbonyl (C=O) groups excluding carboxylic acids is 2. The van der Waals surface area contributed by atoms with Gasteiger partial charge in [0.1, 0.15) is 6.10 Å². The maximum atomic E-state index is 14.4. The van der Waals surface area contributed by atoms with Crippen molar-refractivity contribution < 1.29 is 19.1 Å². The number of ether oxygens (including phenoxy) is 2. The molecule has 0 aromatic rings.